The topological polar surface area (TPSA) is 64.0 Å². The van der Waals surface area contributed by atoms with Gasteiger partial charge in [0.15, 0.2) is 0 Å². The van der Waals surface area contributed by atoms with Crippen molar-refractivity contribution in [3.05, 3.63) is 76.9 Å². The summed E-state index contributed by atoms with van der Waals surface area (Å²) in [5.74, 6) is 0.423. The molecule has 0 radical (unpaired) electrons. The van der Waals surface area contributed by atoms with Gasteiger partial charge in [-0.25, -0.2) is 13.1 Å². The molecule has 0 unspecified atom stereocenters. The zero-order chi connectivity index (χ0) is 17.2. The zero-order valence-electron chi connectivity index (χ0n) is 13.0. The number of halogens is 1. The Morgan fingerprint density at radius 2 is 1.75 bits per heavy atom. The molecule has 0 amide bonds. The van der Waals surface area contributed by atoms with Gasteiger partial charge in [-0.1, -0.05) is 41.9 Å². The van der Waals surface area contributed by atoms with Gasteiger partial charge >= 0.3 is 0 Å². The molecule has 0 aliphatic heterocycles. The van der Waals surface area contributed by atoms with Gasteiger partial charge in [0.2, 0.25) is 0 Å². The van der Waals surface area contributed by atoms with Crippen molar-refractivity contribution in [2.24, 2.45) is 0 Å². The molecule has 0 atom stereocenters. The van der Waals surface area contributed by atoms with Crippen LogP contribution in [0.15, 0.2) is 65.6 Å². The van der Waals surface area contributed by atoms with Gasteiger partial charge in [0.05, 0.1) is 17.1 Å². The summed E-state index contributed by atoms with van der Waals surface area (Å²) in [6, 6.07) is 17.5. The second-order valence-corrected chi connectivity index (χ2v) is 7.49. The van der Waals surface area contributed by atoms with E-state index in [1.165, 1.54) is 12.1 Å². The van der Waals surface area contributed by atoms with Crippen molar-refractivity contribution < 1.29 is 8.42 Å². The van der Waals surface area contributed by atoms with Crippen LogP contribution in [0.1, 0.15) is 11.3 Å². The minimum Gasteiger partial charge on any atom is -0.264 e. The molecule has 124 valence electrons. The van der Waals surface area contributed by atoms with Crippen LogP contribution in [-0.4, -0.2) is 18.2 Å². The molecule has 0 aliphatic carbocycles. The standard InChI is InChI=1S/C17H16ClN3O2S/c1-13-11-17(21(19-13)12-14-5-3-2-4-6-14)20-24(22,23)16-9-7-15(18)8-10-16/h2-11,20H,12H2,1H3. The molecule has 1 N–H and O–H groups in total. The summed E-state index contributed by atoms with van der Waals surface area (Å²) in [6.07, 6.45) is 0. The molecule has 5 nitrogen and oxygen atoms in total. The van der Waals surface area contributed by atoms with Crippen molar-refractivity contribution >= 4 is 27.4 Å². The van der Waals surface area contributed by atoms with Crippen molar-refractivity contribution in [1.82, 2.24) is 9.78 Å². The fraction of sp³-hybridized carbons (Fsp3) is 0.118. The highest BCUT2D eigenvalue weighted by Crippen LogP contribution is 2.20. The van der Waals surface area contributed by atoms with E-state index in [0.717, 1.165) is 11.3 Å². The Bertz CT molecular complexity index is 936. The minimum absolute atomic E-state index is 0.150. The van der Waals surface area contributed by atoms with E-state index >= 15 is 0 Å². The SMILES string of the molecule is Cc1cc(NS(=O)(=O)c2ccc(Cl)cc2)n(Cc2ccccc2)n1. The third kappa shape index (κ3) is 3.77. The summed E-state index contributed by atoms with van der Waals surface area (Å²) in [7, 11) is -3.70. The van der Waals surface area contributed by atoms with Gasteiger partial charge < -0.3 is 0 Å². The van der Waals surface area contributed by atoms with E-state index in [2.05, 4.69) is 9.82 Å². The van der Waals surface area contributed by atoms with Gasteiger partial charge in [0.1, 0.15) is 5.82 Å². The maximum absolute atomic E-state index is 12.5. The number of aryl methyl sites for hydroxylation is 1. The number of hydrogen-bond acceptors (Lipinski definition) is 3. The van der Waals surface area contributed by atoms with Crippen LogP contribution in [0.3, 0.4) is 0 Å². The molecular formula is C17H16ClN3O2S. The highest BCUT2D eigenvalue weighted by atomic mass is 35.5. The smallest absolute Gasteiger partial charge is 0.263 e. The van der Waals surface area contributed by atoms with E-state index in [9.17, 15) is 8.42 Å². The Balaban J connectivity index is 1.88. The fourth-order valence-electron chi connectivity index (χ4n) is 2.31. The first kappa shape index (κ1) is 16.5. The second-order valence-electron chi connectivity index (χ2n) is 5.37. The Kier molecular flexibility index (Phi) is 4.59. The van der Waals surface area contributed by atoms with Crippen LogP contribution < -0.4 is 4.72 Å². The van der Waals surface area contributed by atoms with E-state index in [0.29, 0.717) is 17.4 Å². The summed E-state index contributed by atoms with van der Waals surface area (Å²) in [5.41, 5.74) is 1.77. The molecule has 3 aromatic rings. The number of nitrogens with zero attached hydrogens (tertiary/aromatic N) is 2. The van der Waals surface area contributed by atoms with Crippen LogP contribution in [0.4, 0.5) is 5.82 Å². The summed E-state index contributed by atoms with van der Waals surface area (Å²) in [4.78, 5) is 0.150. The quantitative estimate of drug-likeness (QED) is 0.753. The summed E-state index contributed by atoms with van der Waals surface area (Å²) < 4.78 is 29.3. The van der Waals surface area contributed by atoms with Crippen LogP contribution in [0.25, 0.3) is 0 Å². The van der Waals surface area contributed by atoms with E-state index in [1.807, 2.05) is 37.3 Å². The average molecular weight is 362 g/mol. The fourth-order valence-corrected chi connectivity index (χ4v) is 3.49. The number of aromatic nitrogens is 2. The lowest BCUT2D eigenvalue weighted by Gasteiger charge is -2.11. The number of nitrogens with one attached hydrogen (secondary N) is 1. The molecule has 2 aromatic carbocycles. The third-order valence-electron chi connectivity index (χ3n) is 3.44. The van der Waals surface area contributed by atoms with Crippen LogP contribution in [0.5, 0.6) is 0 Å². The predicted octanol–water partition coefficient (Wildman–Crippen LogP) is 3.69. The van der Waals surface area contributed by atoms with Gasteiger partial charge in [-0.15, -0.1) is 0 Å². The van der Waals surface area contributed by atoms with Crippen molar-refractivity contribution in [3.63, 3.8) is 0 Å². The molecule has 0 saturated carbocycles. The highest BCUT2D eigenvalue weighted by molar-refractivity contribution is 7.92. The number of benzene rings is 2. The lowest BCUT2D eigenvalue weighted by molar-refractivity contribution is 0.599. The molecule has 0 bridgehead atoms. The second kappa shape index (κ2) is 6.67. The van der Waals surface area contributed by atoms with Gasteiger partial charge in [-0.05, 0) is 36.8 Å². The largest absolute Gasteiger partial charge is 0.264 e. The van der Waals surface area contributed by atoms with Crippen LogP contribution in [0.2, 0.25) is 5.02 Å². The Hall–Kier alpha value is -2.31. The monoisotopic (exact) mass is 361 g/mol. The average Bonchev–Trinajstić information content (AvgIpc) is 2.87. The van der Waals surface area contributed by atoms with E-state index in [-0.39, 0.29) is 4.90 Å². The van der Waals surface area contributed by atoms with Crippen molar-refractivity contribution in [2.75, 3.05) is 4.72 Å². The number of hydrogen-bond donors (Lipinski definition) is 1. The molecule has 1 heterocycles. The maximum atomic E-state index is 12.5. The Morgan fingerprint density at radius 1 is 1.08 bits per heavy atom. The van der Waals surface area contributed by atoms with Crippen LogP contribution in [0, 0.1) is 6.92 Å². The number of rotatable bonds is 5. The van der Waals surface area contributed by atoms with Gasteiger partial charge in [0, 0.05) is 11.1 Å². The molecular weight excluding hydrogens is 346 g/mol. The van der Waals surface area contributed by atoms with Crippen molar-refractivity contribution in [3.8, 4) is 0 Å². The number of anilines is 1. The molecule has 0 saturated heterocycles. The predicted molar refractivity (Wildman–Crippen MR) is 94.8 cm³/mol. The first-order valence-corrected chi connectivity index (χ1v) is 9.17. The summed E-state index contributed by atoms with van der Waals surface area (Å²) in [6.45, 7) is 2.30. The lowest BCUT2D eigenvalue weighted by Crippen LogP contribution is -2.16. The Labute approximate surface area is 145 Å². The van der Waals surface area contributed by atoms with E-state index in [1.54, 1.807) is 22.9 Å². The van der Waals surface area contributed by atoms with Gasteiger partial charge in [-0.2, -0.15) is 5.10 Å². The molecule has 0 fully saturated rings. The van der Waals surface area contributed by atoms with Crippen LogP contribution in [-0.2, 0) is 16.6 Å². The molecule has 3 rings (SSSR count). The first-order valence-electron chi connectivity index (χ1n) is 7.31. The minimum atomic E-state index is -3.70. The van der Waals surface area contributed by atoms with Crippen molar-refractivity contribution in [2.45, 2.75) is 18.4 Å². The zero-order valence-corrected chi connectivity index (χ0v) is 14.6. The van der Waals surface area contributed by atoms with Crippen molar-refractivity contribution in [1.29, 1.82) is 0 Å². The molecule has 7 heteroatoms. The molecule has 0 aliphatic rings. The number of sulfonamides is 1. The molecule has 24 heavy (non-hydrogen) atoms. The normalized spacial score (nSPS) is 11.4. The summed E-state index contributed by atoms with van der Waals surface area (Å²) >= 11 is 5.81. The maximum Gasteiger partial charge on any atom is 0.263 e. The van der Waals surface area contributed by atoms with Gasteiger partial charge in [-0.3, -0.25) is 4.72 Å². The van der Waals surface area contributed by atoms with Crippen LogP contribution >= 0.6 is 11.6 Å². The first-order chi connectivity index (χ1) is 11.4. The van der Waals surface area contributed by atoms with E-state index in [4.69, 9.17) is 11.6 Å². The van der Waals surface area contributed by atoms with E-state index < -0.39 is 10.0 Å². The highest BCUT2D eigenvalue weighted by Gasteiger charge is 2.17. The molecule has 0 spiro atoms. The third-order valence-corrected chi connectivity index (χ3v) is 5.06. The summed E-state index contributed by atoms with van der Waals surface area (Å²) in [5, 5.41) is 4.85. The van der Waals surface area contributed by atoms with Gasteiger partial charge in [0.25, 0.3) is 10.0 Å². The lowest BCUT2D eigenvalue weighted by atomic mass is 10.2. The molecule has 1 aromatic heterocycles. The Morgan fingerprint density at radius 3 is 2.42 bits per heavy atom.